The molecule has 7 heteroatoms. The van der Waals surface area contributed by atoms with Crippen LogP contribution in [0.2, 0.25) is 5.02 Å². The minimum absolute atomic E-state index is 0.123. The van der Waals surface area contributed by atoms with Gasteiger partial charge in [-0.3, -0.25) is 9.59 Å². The standard InChI is InChI=1S/C17H14ClN3O2S/c18-12-3-1-2-11(6-12)8-24-9-16(22)21-13-4-5-15-14(7-13)17(23)20-10-19-15/h1-7,10H,8-9H2,(H,21,22)(H,19,20,23). The summed E-state index contributed by atoms with van der Waals surface area (Å²) in [7, 11) is 0. The van der Waals surface area contributed by atoms with Crippen molar-refractivity contribution in [3.8, 4) is 0 Å². The molecule has 0 fully saturated rings. The molecule has 1 amide bonds. The molecular weight excluding hydrogens is 346 g/mol. The lowest BCUT2D eigenvalue weighted by Crippen LogP contribution is -2.15. The third-order valence-corrected chi connectivity index (χ3v) is 4.55. The number of hydrogen-bond acceptors (Lipinski definition) is 4. The molecule has 1 heterocycles. The number of aromatic amines is 1. The zero-order valence-corrected chi connectivity index (χ0v) is 14.2. The Morgan fingerprint density at radius 1 is 1.25 bits per heavy atom. The summed E-state index contributed by atoms with van der Waals surface area (Å²) in [5.41, 5.74) is 2.01. The van der Waals surface area contributed by atoms with Crippen LogP contribution in [0.4, 0.5) is 5.69 Å². The highest BCUT2D eigenvalue weighted by molar-refractivity contribution is 7.99. The minimum Gasteiger partial charge on any atom is -0.325 e. The summed E-state index contributed by atoms with van der Waals surface area (Å²) in [6.07, 6.45) is 1.36. The van der Waals surface area contributed by atoms with Crippen molar-refractivity contribution in [2.45, 2.75) is 5.75 Å². The summed E-state index contributed by atoms with van der Waals surface area (Å²) in [5.74, 6) is 0.894. The Morgan fingerprint density at radius 2 is 2.12 bits per heavy atom. The van der Waals surface area contributed by atoms with Crippen LogP contribution in [0.15, 0.2) is 53.6 Å². The quantitative estimate of drug-likeness (QED) is 0.731. The van der Waals surface area contributed by atoms with Crippen LogP contribution in [0.3, 0.4) is 0 Å². The second-order valence-corrected chi connectivity index (χ2v) is 6.56. The van der Waals surface area contributed by atoms with Crippen LogP contribution in [0, 0.1) is 0 Å². The Bertz CT molecular complexity index is 942. The highest BCUT2D eigenvalue weighted by atomic mass is 35.5. The number of benzene rings is 2. The molecule has 0 aliphatic rings. The fraction of sp³-hybridized carbons (Fsp3) is 0.118. The number of rotatable bonds is 5. The van der Waals surface area contributed by atoms with E-state index in [2.05, 4.69) is 15.3 Å². The normalized spacial score (nSPS) is 10.7. The number of nitrogens with one attached hydrogen (secondary N) is 2. The van der Waals surface area contributed by atoms with E-state index < -0.39 is 0 Å². The Balaban J connectivity index is 1.59. The molecule has 0 spiro atoms. The number of anilines is 1. The second kappa shape index (κ2) is 7.51. The van der Waals surface area contributed by atoms with Crippen LogP contribution in [-0.2, 0) is 10.5 Å². The Morgan fingerprint density at radius 3 is 2.96 bits per heavy atom. The van der Waals surface area contributed by atoms with Gasteiger partial charge in [0, 0.05) is 16.5 Å². The maximum atomic E-state index is 12.0. The van der Waals surface area contributed by atoms with Crippen molar-refractivity contribution in [3.05, 3.63) is 69.7 Å². The van der Waals surface area contributed by atoms with E-state index in [9.17, 15) is 9.59 Å². The molecule has 0 aliphatic heterocycles. The van der Waals surface area contributed by atoms with Crippen molar-refractivity contribution in [2.24, 2.45) is 0 Å². The first-order valence-corrected chi connectivity index (χ1v) is 8.74. The first-order chi connectivity index (χ1) is 11.6. The number of amides is 1. The van der Waals surface area contributed by atoms with Gasteiger partial charge in [-0.2, -0.15) is 0 Å². The van der Waals surface area contributed by atoms with Crippen molar-refractivity contribution < 1.29 is 4.79 Å². The molecule has 3 rings (SSSR count). The van der Waals surface area contributed by atoms with E-state index in [-0.39, 0.29) is 11.5 Å². The van der Waals surface area contributed by atoms with E-state index in [0.717, 1.165) is 5.56 Å². The van der Waals surface area contributed by atoms with E-state index in [1.54, 1.807) is 18.2 Å². The number of fused-ring (bicyclic) bond motifs is 1. The third kappa shape index (κ3) is 4.15. The van der Waals surface area contributed by atoms with Crippen molar-refractivity contribution >= 4 is 45.9 Å². The number of halogens is 1. The average Bonchev–Trinajstić information content (AvgIpc) is 2.56. The molecule has 0 atom stereocenters. The smallest absolute Gasteiger partial charge is 0.258 e. The largest absolute Gasteiger partial charge is 0.325 e. The monoisotopic (exact) mass is 359 g/mol. The first kappa shape index (κ1) is 16.5. The van der Waals surface area contributed by atoms with Crippen molar-refractivity contribution in [3.63, 3.8) is 0 Å². The highest BCUT2D eigenvalue weighted by Crippen LogP contribution is 2.18. The topological polar surface area (TPSA) is 74.8 Å². The molecule has 0 bridgehead atoms. The molecule has 5 nitrogen and oxygen atoms in total. The lowest BCUT2D eigenvalue weighted by molar-refractivity contribution is -0.113. The van der Waals surface area contributed by atoms with E-state index in [4.69, 9.17) is 11.6 Å². The van der Waals surface area contributed by atoms with Crippen LogP contribution >= 0.6 is 23.4 Å². The van der Waals surface area contributed by atoms with E-state index >= 15 is 0 Å². The number of carbonyl (C=O) groups excluding carboxylic acids is 1. The van der Waals surface area contributed by atoms with Gasteiger partial charge in [-0.1, -0.05) is 23.7 Å². The average molecular weight is 360 g/mol. The van der Waals surface area contributed by atoms with Crippen molar-refractivity contribution in [1.82, 2.24) is 9.97 Å². The number of H-pyrrole nitrogens is 1. The molecule has 3 aromatic rings. The molecule has 0 unspecified atom stereocenters. The number of thioether (sulfide) groups is 1. The zero-order chi connectivity index (χ0) is 16.9. The number of aromatic nitrogens is 2. The SMILES string of the molecule is O=C(CSCc1cccc(Cl)c1)Nc1ccc2nc[nH]c(=O)c2c1. The summed E-state index contributed by atoms with van der Waals surface area (Å²) < 4.78 is 0. The fourth-order valence-electron chi connectivity index (χ4n) is 2.23. The van der Waals surface area contributed by atoms with Crippen LogP contribution in [0.5, 0.6) is 0 Å². The summed E-state index contributed by atoms with van der Waals surface area (Å²) in [6, 6.07) is 12.6. The molecule has 0 aliphatic carbocycles. The maximum Gasteiger partial charge on any atom is 0.258 e. The summed E-state index contributed by atoms with van der Waals surface area (Å²) >= 11 is 7.43. The summed E-state index contributed by atoms with van der Waals surface area (Å²) in [4.78, 5) is 30.4. The molecule has 2 N–H and O–H groups in total. The Labute approximate surface area is 147 Å². The molecule has 0 radical (unpaired) electrons. The van der Waals surface area contributed by atoms with Gasteiger partial charge < -0.3 is 10.3 Å². The van der Waals surface area contributed by atoms with Gasteiger partial charge in [0.05, 0.1) is 23.0 Å². The lowest BCUT2D eigenvalue weighted by Gasteiger charge is -2.06. The van der Waals surface area contributed by atoms with Gasteiger partial charge >= 0.3 is 0 Å². The van der Waals surface area contributed by atoms with Crippen LogP contribution < -0.4 is 10.9 Å². The lowest BCUT2D eigenvalue weighted by atomic mass is 10.2. The maximum absolute atomic E-state index is 12.0. The predicted octanol–water partition coefficient (Wildman–Crippen LogP) is 3.45. The van der Waals surface area contributed by atoms with Crippen LogP contribution in [0.25, 0.3) is 10.9 Å². The molecule has 122 valence electrons. The highest BCUT2D eigenvalue weighted by Gasteiger charge is 2.06. The van der Waals surface area contributed by atoms with Crippen molar-refractivity contribution in [1.29, 1.82) is 0 Å². The molecule has 1 aromatic heterocycles. The van der Waals surface area contributed by atoms with Crippen LogP contribution in [-0.4, -0.2) is 21.6 Å². The van der Waals surface area contributed by atoms with Gasteiger partial charge in [0.1, 0.15) is 0 Å². The number of carbonyl (C=O) groups is 1. The molecule has 2 aromatic carbocycles. The van der Waals surface area contributed by atoms with Gasteiger partial charge in [-0.15, -0.1) is 11.8 Å². The van der Waals surface area contributed by atoms with E-state index in [1.807, 2.05) is 24.3 Å². The summed E-state index contributed by atoms with van der Waals surface area (Å²) in [6.45, 7) is 0. The van der Waals surface area contributed by atoms with Gasteiger partial charge in [0.2, 0.25) is 5.91 Å². The first-order valence-electron chi connectivity index (χ1n) is 7.21. The number of hydrogen-bond donors (Lipinski definition) is 2. The third-order valence-electron chi connectivity index (χ3n) is 3.32. The fourth-order valence-corrected chi connectivity index (χ4v) is 3.22. The Kier molecular flexibility index (Phi) is 5.17. The second-order valence-electron chi connectivity index (χ2n) is 5.13. The number of nitrogens with zero attached hydrogens (tertiary/aromatic N) is 1. The molecule has 0 saturated heterocycles. The van der Waals surface area contributed by atoms with E-state index in [0.29, 0.717) is 33.1 Å². The van der Waals surface area contributed by atoms with Gasteiger partial charge in [-0.25, -0.2) is 4.98 Å². The Hall–Kier alpha value is -2.31. The molecular formula is C17H14ClN3O2S. The van der Waals surface area contributed by atoms with Crippen LogP contribution in [0.1, 0.15) is 5.56 Å². The van der Waals surface area contributed by atoms with Gasteiger partial charge in [0.15, 0.2) is 0 Å². The summed E-state index contributed by atoms with van der Waals surface area (Å²) in [5, 5.41) is 3.93. The predicted molar refractivity (Wildman–Crippen MR) is 98.6 cm³/mol. The van der Waals surface area contributed by atoms with Gasteiger partial charge in [-0.05, 0) is 35.9 Å². The molecule has 24 heavy (non-hydrogen) atoms. The molecule has 0 saturated carbocycles. The van der Waals surface area contributed by atoms with E-state index in [1.165, 1.54) is 18.1 Å². The van der Waals surface area contributed by atoms with Crippen molar-refractivity contribution in [2.75, 3.05) is 11.1 Å². The minimum atomic E-state index is -0.230. The van der Waals surface area contributed by atoms with Gasteiger partial charge in [0.25, 0.3) is 5.56 Å². The zero-order valence-electron chi connectivity index (χ0n) is 12.6.